The zero-order valence-electron chi connectivity index (χ0n) is 12.3. The lowest BCUT2D eigenvalue weighted by Gasteiger charge is -2.17. The van der Waals surface area contributed by atoms with Gasteiger partial charge in [0, 0.05) is 17.8 Å². The molecule has 1 aromatic carbocycles. The van der Waals surface area contributed by atoms with Crippen molar-refractivity contribution in [2.24, 2.45) is 0 Å². The van der Waals surface area contributed by atoms with Crippen LogP contribution in [-0.2, 0) is 0 Å². The topological polar surface area (TPSA) is 73.3 Å². The van der Waals surface area contributed by atoms with Gasteiger partial charge < -0.3 is 9.47 Å². The van der Waals surface area contributed by atoms with Crippen LogP contribution in [0.15, 0.2) is 30.3 Å². The number of amides is 1. The molecular formula is C16H13N3O3S. The Bertz CT molecular complexity index is 864. The van der Waals surface area contributed by atoms with Crippen LogP contribution in [0.25, 0.3) is 10.2 Å². The molecule has 4 rings (SSSR count). The molecule has 2 aromatic heterocycles. The number of pyridine rings is 1. The Kier molecular flexibility index (Phi) is 3.34. The Morgan fingerprint density at radius 3 is 2.74 bits per heavy atom. The van der Waals surface area contributed by atoms with Gasteiger partial charge in [0.1, 0.15) is 18.9 Å². The average Bonchev–Trinajstić information content (AvgIpc) is 2.93. The highest BCUT2D eigenvalue weighted by Gasteiger charge is 2.16. The van der Waals surface area contributed by atoms with Crippen LogP contribution in [-0.4, -0.2) is 29.1 Å². The Labute approximate surface area is 136 Å². The molecule has 0 aliphatic carbocycles. The van der Waals surface area contributed by atoms with Gasteiger partial charge in [0.15, 0.2) is 16.6 Å². The molecule has 3 heterocycles. The normalized spacial score (nSPS) is 13.1. The number of nitrogens with one attached hydrogen (secondary N) is 1. The fraction of sp³-hybridized carbons (Fsp3) is 0.188. The van der Waals surface area contributed by atoms with Crippen LogP contribution < -0.4 is 14.8 Å². The second-order valence-electron chi connectivity index (χ2n) is 5.10. The molecule has 1 aliphatic heterocycles. The second-order valence-corrected chi connectivity index (χ2v) is 6.13. The van der Waals surface area contributed by atoms with Crippen molar-refractivity contribution in [3.63, 3.8) is 0 Å². The number of hydrogen-bond donors (Lipinski definition) is 1. The molecule has 0 spiro atoms. The number of rotatable bonds is 2. The zero-order chi connectivity index (χ0) is 15.8. The van der Waals surface area contributed by atoms with E-state index in [-0.39, 0.29) is 5.91 Å². The standard InChI is InChI=1S/C16H13N3O3S/c1-9-3-2-4-10(17-9)15(20)19-16-18-11-7-12-13(8-14(11)23-16)22-6-5-21-12/h2-4,7-8H,5-6H2,1H3,(H,18,19,20). The minimum atomic E-state index is -0.273. The van der Waals surface area contributed by atoms with E-state index in [0.29, 0.717) is 35.5 Å². The quantitative estimate of drug-likeness (QED) is 0.783. The average molecular weight is 327 g/mol. The number of benzene rings is 1. The van der Waals surface area contributed by atoms with Crippen LogP contribution in [0, 0.1) is 6.92 Å². The van der Waals surface area contributed by atoms with Gasteiger partial charge in [-0.3, -0.25) is 10.1 Å². The van der Waals surface area contributed by atoms with E-state index in [2.05, 4.69) is 15.3 Å². The van der Waals surface area contributed by atoms with E-state index >= 15 is 0 Å². The molecule has 0 atom stereocenters. The van der Waals surface area contributed by atoms with Crippen LogP contribution in [0.1, 0.15) is 16.2 Å². The summed E-state index contributed by atoms with van der Waals surface area (Å²) in [6.45, 7) is 2.92. The van der Waals surface area contributed by atoms with Gasteiger partial charge >= 0.3 is 0 Å². The van der Waals surface area contributed by atoms with Gasteiger partial charge in [-0.2, -0.15) is 0 Å². The van der Waals surface area contributed by atoms with Crippen molar-refractivity contribution in [1.29, 1.82) is 0 Å². The molecule has 1 amide bonds. The molecule has 23 heavy (non-hydrogen) atoms. The molecule has 0 radical (unpaired) electrons. The van der Waals surface area contributed by atoms with Gasteiger partial charge in [0.05, 0.1) is 10.2 Å². The van der Waals surface area contributed by atoms with Crippen molar-refractivity contribution in [3.05, 3.63) is 41.7 Å². The SMILES string of the molecule is Cc1cccc(C(=O)Nc2nc3cc4c(cc3s2)OCCO4)n1. The van der Waals surface area contributed by atoms with Crippen LogP contribution >= 0.6 is 11.3 Å². The molecule has 1 N–H and O–H groups in total. The Morgan fingerprint density at radius 1 is 1.17 bits per heavy atom. The molecule has 0 unspecified atom stereocenters. The molecule has 0 bridgehead atoms. The summed E-state index contributed by atoms with van der Waals surface area (Å²) in [5, 5.41) is 3.31. The minimum absolute atomic E-state index is 0.273. The molecule has 1 aliphatic rings. The third-order valence-corrected chi connectivity index (χ3v) is 4.33. The number of nitrogens with zero attached hydrogens (tertiary/aromatic N) is 2. The number of thiazole rings is 1. The van der Waals surface area contributed by atoms with Gasteiger partial charge in [0.2, 0.25) is 0 Å². The summed E-state index contributed by atoms with van der Waals surface area (Å²) >= 11 is 1.39. The zero-order valence-corrected chi connectivity index (χ0v) is 13.1. The van der Waals surface area contributed by atoms with E-state index in [1.165, 1.54) is 11.3 Å². The van der Waals surface area contributed by atoms with Crippen molar-refractivity contribution in [2.75, 3.05) is 18.5 Å². The molecule has 116 valence electrons. The summed E-state index contributed by atoms with van der Waals surface area (Å²) in [6, 6.07) is 9.05. The summed E-state index contributed by atoms with van der Waals surface area (Å²) in [7, 11) is 0. The summed E-state index contributed by atoms with van der Waals surface area (Å²) < 4.78 is 12.0. The first-order valence-corrected chi connectivity index (χ1v) is 7.96. The summed E-state index contributed by atoms with van der Waals surface area (Å²) in [6.07, 6.45) is 0. The van der Waals surface area contributed by atoms with Crippen molar-refractivity contribution in [2.45, 2.75) is 6.92 Å². The minimum Gasteiger partial charge on any atom is -0.486 e. The van der Waals surface area contributed by atoms with Gasteiger partial charge in [-0.1, -0.05) is 17.4 Å². The number of anilines is 1. The Hall–Kier alpha value is -2.67. The smallest absolute Gasteiger partial charge is 0.276 e. The summed E-state index contributed by atoms with van der Waals surface area (Å²) in [4.78, 5) is 20.9. The van der Waals surface area contributed by atoms with E-state index in [9.17, 15) is 4.79 Å². The van der Waals surface area contributed by atoms with Crippen LogP contribution in [0.3, 0.4) is 0 Å². The molecule has 6 nitrogen and oxygen atoms in total. The van der Waals surface area contributed by atoms with Crippen molar-refractivity contribution in [3.8, 4) is 11.5 Å². The van der Waals surface area contributed by atoms with Crippen LogP contribution in [0.4, 0.5) is 5.13 Å². The van der Waals surface area contributed by atoms with E-state index < -0.39 is 0 Å². The predicted molar refractivity (Wildman–Crippen MR) is 87.5 cm³/mol. The highest BCUT2D eigenvalue weighted by Crippen LogP contribution is 2.37. The van der Waals surface area contributed by atoms with Crippen molar-refractivity contribution in [1.82, 2.24) is 9.97 Å². The number of ether oxygens (including phenoxy) is 2. The lowest BCUT2D eigenvalue weighted by Crippen LogP contribution is -2.15. The van der Waals surface area contributed by atoms with Gasteiger partial charge in [-0.05, 0) is 19.1 Å². The molecular weight excluding hydrogens is 314 g/mol. The first kappa shape index (κ1) is 14.0. The number of fused-ring (bicyclic) bond motifs is 2. The maximum atomic E-state index is 12.2. The van der Waals surface area contributed by atoms with E-state index in [4.69, 9.17) is 9.47 Å². The van der Waals surface area contributed by atoms with E-state index in [1.54, 1.807) is 12.1 Å². The Balaban J connectivity index is 1.63. The number of hydrogen-bond acceptors (Lipinski definition) is 6. The fourth-order valence-corrected chi connectivity index (χ4v) is 3.22. The molecule has 7 heteroatoms. The summed E-state index contributed by atoms with van der Waals surface area (Å²) in [5.74, 6) is 1.13. The van der Waals surface area contributed by atoms with E-state index in [0.717, 1.165) is 15.9 Å². The third kappa shape index (κ3) is 2.70. The molecule has 0 fully saturated rings. The molecule has 0 saturated heterocycles. The van der Waals surface area contributed by atoms with Crippen molar-refractivity contribution >= 4 is 32.6 Å². The highest BCUT2D eigenvalue weighted by molar-refractivity contribution is 7.22. The largest absolute Gasteiger partial charge is 0.486 e. The highest BCUT2D eigenvalue weighted by atomic mass is 32.1. The van der Waals surface area contributed by atoms with Gasteiger partial charge in [-0.25, -0.2) is 9.97 Å². The number of aromatic nitrogens is 2. The molecule has 3 aromatic rings. The monoisotopic (exact) mass is 327 g/mol. The first-order valence-electron chi connectivity index (χ1n) is 7.14. The lowest BCUT2D eigenvalue weighted by atomic mass is 10.3. The van der Waals surface area contributed by atoms with Crippen LogP contribution in [0.5, 0.6) is 11.5 Å². The van der Waals surface area contributed by atoms with Gasteiger partial charge in [-0.15, -0.1) is 0 Å². The number of aryl methyl sites for hydroxylation is 1. The maximum Gasteiger partial charge on any atom is 0.276 e. The maximum absolute atomic E-state index is 12.2. The fourth-order valence-electron chi connectivity index (χ4n) is 2.35. The second kappa shape index (κ2) is 5.51. The number of carbonyl (C=O) groups excluding carboxylic acids is 1. The van der Waals surface area contributed by atoms with E-state index in [1.807, 2.05) is 25.1 Å². The van der Waals surface area contributed by atoms with Gasteiger partial charge in [0.25, 0.3) is 5.91 Å². The lowest BCUT2D eigenvalue weighted by molar-refractivity contribution is 0.102. The van der Waals surface area contributed by atoms with Crippen LogP contribution in [0.2, 0.25) is 0 Å². The third-order valence-electron chi connectivity index (χ3n) is 3.39. The Morgan fingerprint density at radius 2 is 1.96 bits per heavy atom. The predicted octanol–water partition coefficient (Wildman–Crippen LogP) is 3.02. The molecule has 0 saturated carbocycles. The first-order chi connectivity index (χ1) is 11.2. The van der Waals surface area contributed by atoms with Crippen molar-refractivity contribution < 1.29 is 14.3 Å². The number of carbonyl (C=O) groups is 1. The summed E-state index contributed by atoms with van der Waals surface area (Å²) in [5.41, 5.74) is 1.94.